The smallest absolute Gasteiger partial charge is 0.434 e. The molecule has 234 valence electrons. The van der Waals surface area contributed by atoms with Crippen LogP contribution < -0.4 is 9.47 Å². The average Bonchev–Trinajstić information content (AvgIpc) is 3.67. The summed E-state index contributed by atoms with van der Waals surface area (Å²) >= 11 is 0. The molecule has 1 atom stereocenters. The fourth-order valence-corrected chi connectivity index (χ4v) is 5.53. The Morgan fingerprint density at radius 3 is 2.58 bits per heavy atom. The zero-order valence-electron chi connectivity index (χ0n) is 24.4. The van der Waals surface area contributed by atoms with Gasteiger partial charge in [-0.05, 0) is 49.8 Å². The highest BCUT2D eigenvalue weighted by Gasteiger charge is 2.35. The Balaban J connectivity index is 1.26. The molecule has 7 rings (SSSR count). The summed E-state index contributed by atoms with van der Waals surface area (Å²) in [5.74, 6) is 0.187. The zero-order chi connectivity index (χ0) is 31.3. The third kappa shape index (κ3) is 5.56. The van der Waals surface area contributed by atoms with Gasteiger partial charge in [-0.3, -0.25) is 0 Å². The average molecular weight is 625 g/mol. The van der Waals surface area contributed by atoms with Gasteiger partial charge >= 0.3 is 6.18 Å². The van der Waals surface area contributed by atoms with E-state index in [1.165, 1.54) is 32.6 Å². The second-order valence-corrected chi connectivity index (χ2v) is 11.1. The Labute approximate surface area is 254 Å². The normalized spacial score (nSPS) is 17.2. The molecule has 2 fully saturated rings. The maximum Gasteiger partial charge on any atom is 0.434 e. The maximum absolute atomic E-state index is 15.3. The lowest BCUT2D eigenvalue weighted by atomic mass is 10.1. The van der Waals surface area contributed by atoms with Crippen LogP contribution in [-0.4, -0.2) is 53.0 Å². The molecule has 0 amide bonds. The number of alkyl halides is 3. The summed E-state index contributed by atoms with van der Waals surface area (Å²) in [6.45, 7) is 0.488. The van der Waals surface area contributed by atoms with E-state index in [0.29, 0.717) is 40.5 Å². The zero-order valence-corrected chi connectivity index (χ0v) is 24.4. The number of ether oxygens (including phenoxy) is 3. The summed E-state index contributed by atoms with van der Waals surface area (Å²) < 4.78 is 75.4. The highest BCUT2D eigenvalue weighted by atomic mass is 19.4. The molecule has 5 heterocycles. The number of methoxy groups -OCH3 is 1. The molecule has 1 saturated heterocycles. The molecule has 0 radical (unpaired) electrons. The van der Waals surface area contributed by atoms with Crippen molar-refractivity contribution in [3.8, 4) is 34.5 Å². The van der Waals surface area contributed by atoms with E-state index in [4.69, 9.17) is 24.2 Å². The molecular weight excluding hydrogens is 596 g/mol. The minimum Gasteiger partial charge on any atom is -0.480 e. The van der Waals surface area contributed by atoms with Gasteiger partial charge in [-0.15, -0.1) is 0 Å². The predicted molar refractivity (Wildman–Crippen MR) is 152 cm³/mol. The van der Waals surface area contributed by atoms with Crippen molar-refractivity contribution in [1.29, 1.82) is 0 Å². The minimum atomic E-state index is -4.65. The molecule has 15 heteroatoms. The van der Waals surface area contributed by atoms with Crippen LogP contribution in [0.25, 0.3) is 33.8 Å². The third-order valence-electron chi connectivity index (χ3n) is 7.88. The van der Waals surface area contributed by atoms with Crippen molar-refractivity contribution >= 4 is 11.0 Å². The van der Waals surface area contributed by atoms with Crippen LogP contribution in [0.2, 0.25) is 0 Å². The molecule has 2 aliphatic rings. The maximum atomic E-state index is 15.3. The number of fused-ring (bicyclic) bond motifs is 1. The molecule has 1 aliphatic heterocycles. The Morgan fingerprint density at radius 1 is 1.04 bits per heavy atom. The van der Waals surface area contributed by atoms with Gasteiger partial charge in [0, 0.05) is 25.8 Å². The van der Waals surface area contributed by atoms with Crippen LogP contribution in [0.5, 0.6) is 11.8 Å². The molecule has 0 spiro atoms. The summed E-state index contributed by atoms with van der Waals surface area (Å²) in [5.41, 5.74) is 1.64. The van der Waals surface area contributed by atoms with E-state index in [-0.39, 0.29) is 36.0 Å². The van der Waals surface area contributed by atoms with Gasteiger partial charge in [0.2, 0.25) is 11.8 Å². The van der Waals surface area contributed by atoms with Gasteiger partial charge in [0.1, 0.15) is 35.7 Å². The first-order valence-electron chi connectivity index (χ1n) is 14.5. The van der Waals surface area contributed by atoms with Crippen LogP contribution >= 0.6 is 0 Å². The van der Waals surface area contributed by atoms with Gasteiger partial charge in [-0.2, -0.15) is 23.3 Å². The van der Waals surface area contributed by atoms with E-state index in [2.05, 4.69) is 20.1 Å². The Kier molecular flexibility index (Phi) is 7.34. The number of benzene rings is 1. The number of hydrogen-bond donors (Lipinski definition) is 0. The number of aryl methyl sites for hydroxylation is 1. The van der Waals surface area contributed by atoms with E-state index < -0.39 is 17.7 Å². The summed E-state index contributed by atoms with van der Waals surface area (Å²) in [7, 11) is 2.90. The van der Waals surface area contributed by atoms with Gasteiger partial charge in [0.05, 0.1) is 24.6 Å². The van der Waals surface area contributed by atoms with Crippen LogP contribution in [0.3, 0.4) is 0 Å². The summed E-state index contributed by atoms with van der Waals surface area (Å²) in [6.07, 6.45) is 3.55. The van der Waals surface area contributed by atoms with E-state index in [9.17, 15) is 13.2 Å². The monoisotopic (exact) mass is 624 g/mol. The summed E-state index contributed by atoms with van der Waals surface area (Å²) in [4.78, 5) is 22.0. The molecule has 1 aliphatic carbocycles. The first-order chi connectivity index (χ1) is 21.7. The molecule has 4 aromatic heterocycles. The van der Waals surface area contributed by atoms with Crippen molar-refractivity contribution in [2.24, 2.45) is 7.05 Å². The van der Waals surface area contributed by atoms with Crippen molar-refractivity contribution in [1.82, 2.24) is 39.3 Å². The highest BCUT2D eigenvalue weighted by Crippen LogP contribution is 2.45. The van der Waals surface area contributed by atoms with Crippen molar-refractivity contribution < 1.29 is 31.8 Å². The minimum absolute atomic E-state index is 0.0697. The van der Waals surface area contributed by atoms with E-state index in [0.717, 1.165) is 48.6 Å². The summed E-state index contributed by atoms with van der Waals surface area (Å²) in [6, 6.07) is 4.16. The van der Waals surface area contributed by atoms with Gasteiger partial charge < -0.3 is 18.8 Å². The number of hydrogen-bond acceptors (Lipinski definition) is 9. The standard InChI is InChI=1S/C30H28F4N8O3/c1-41-13-21(30(32,33)34)39-27(41)18-9-6-16(11-19(18)31)14-45-29-25-20(12-37-42(25)22-5-3-4-10-44-22)38-26(40-29)23-24(17-7-8-17)35-15-36-28(23)43-2/h6,9,11-13,15,17,22H,3-5,7-8,10,14H2,1-2H3. The topological polar surface area (TPSA) is 115 Å². The Bertz CT molecular complexity index is 1880. The lowest BCUT2D eigenvalue weighted by molar-refractivity contribution is -0.140. The second kappa shape index (κ2) is 11.4. The lowest BCUT2D eigenvalue weighted by Crippen LogP contribution is -2.19. The predicted octanol–water partition coefficient (Wildman–Crippen LogP) is 6.01. The van der Waals surface area contributed by atoms with E-state index in [1.54, 1.807) is 16.9 Å². The molecule has 11 nitrogen and oxygen atoms in total. The number of imidazole rings is 1. The lowest BCUT2D eigenvalue weighted by Gasteiger charge is -2.23. The van der Waals surface area contributed by atoms with Crippen molar-refractivity contribution in [2.45, 2.75) is 57.0 Å². The van der Waals surface area contributed by atoms with Crippen LogP contribution in [-0.2, 0) is 24.6 Å². The molecule has 45 heavy (non-hydrogen) atoms. The first-order valence-corrected chi connectivity index (χ1v) is 14.5. The Hall–Kier alpha value is -4.66. The van der Waals surface area contributed by atoms with Gasteiger partial charge in [-0.1, -0.05) is 6.07 Å². The molecule has 5 aromatic rings. The van der Waals surface area contributed by atoms with Crippen LogP contribution in [0, 0.1) is 5.82 Å². The highest BCUT2D eigenvalue weighted by molar-refractivity contribution is 5.82. The first kappa shape index (κ1) is 29.1. The fraction of sp³-hybridized carbons (Fsp3) is 0.400. The van der Waals surface area contributed by atoms with Crippen LogP contribution in [0.4, 0.5) is 17.6 Å². The van der Waals surface area contributed by atoms with Crippen LogP contribution in [0.1, 0.15) is 61.2 Å². The fourth-order valence-electron chi connectivity index (χ4n) is 5.53. The third-order valence-corrected chi connectivity index (χ3v) is 7.88. The molecule has 1 saturated carbocycles. The SMILES string of the molecule is COc1ncnc(C2CC2)c1-c1nc(OCc2ccc(-c3nc(C(F)(F)F)cn3C)c(F)c2)c2c(cnn2C2CCCCO2)n1. The van der Waals surface area contributed by atoms with Gasteiger partial charge in [-0.25, -0.2) is 29.0 Å². The quantitative estimate of drug-likeness (QED) is 0.192. The molecule has 0 N–H and O–H groups in total. The van der Waals surface area contributed by atoms with Gasteiger partial charge in [0.25, 0.3) is 0 Å². The van der Waals surface area contributed by atoms with Crippen molar-refractivity contribution in [3.05, 3.63) is 59.7 Å². The van der Waals surface area contributed by atoms with E-state index in [1.807, 2.05) is 0 Å². The second-order valence-electron chi connectivity index (χ2n) is 11.1. The molecule has 0 bridgehead atoms. The molecule has 1 unspecified atom stereocenters. The van der Waals surface area contributed by atoms with Crippen molar-refractivity contribution in [3.63, 3.8) is 0 Å². The van der Waals surface area contributed by atoms with Crippen LogP contribution in [0.15, 0.2) is 36.9 Å². The molecular formula is C30H28F4N8O3. The molecule has 1 aromatic carbocycles. The summed E-state index contributed by atoms with van der Waals surface area (Å²) in [5, 5.41) is 4.57. The Morgan fingerprint density at radius 2 is 1.89 bits per heavy atom. The number of nitrogens with zero attached hydrogens (tertiary/aromatic N) is 8. The number of rotatable bonds is 8. The largest absolute Gasteiger partial charge is 0.480 e. The van der Waals surface area contributed by atoms with Crippen molar-refractivity contribution in [2.75, 3.05) is 13.7 Å². The van der Waals surface area contributed by atoms with Gasteiger partial charge in [0.15, 0.2) is 23.3 Å². The van der Waals surface area contributed by atoms with E-state index >= 15 is 4.39 Å². The number of aromatic nitrogens is 8. The number of halogens is 4.